The Bertz CT molecular complexity index is 734. The lowest BCUT2D eigenvalue weighted by Crippen LogP contribution is -2.06. The van der Waals surface area contributed by atoms with Gasteiger partial charge in [0.25, 0.3) is 10.1 Å². The van der Waals surface area contributed by atoms with E-state index in [2.05, 4.69) is 0 Å². The Morgan fingerprint density at radius 1 is 0.852 bits per heavy atom. The van der Waals surface area contributed by atoms with Crippen molar-refractivity contribution in [2.24, 2.45) is 0 Å². The molecule has 0 bridgehead atoms. The first-order chi connectivity index (χ1) is 12.5. The van der Waals surface area contributed by atoms with Crippen molar-refractivity contribution in [2.45, 2.75) is 43.8 Å². The van der Waals surface area contributed by atoms with E-state index in [1.165, 1.54) is 12.1 Å². The van der Waals surface area contributed by atoms with Crippen molar-refractivity contribution in [3.8, 4) is 0 Å². The minimum absolute atomic E-state index is 0.0741. The highest BCUT2D eigenvalue weighted by molar-refractivity contribution is 7.85. The maximum absolute atomic E-state index is 10.4. The Hall–Kier alpha value is -2.26. The largest absolute Gasteiger partial charge is 0.478 e. The number of carboxylic acids is 1. The number of hydrogen-bond donors (Lipinski definition) is 4. The molecule has 0 aromatic heterocycles. The van der Waals surface area contributed by atoms with Crippen LogP contribution in [0.2, 0.25) is 0 Å². The van der Waals surface area contributed by atoms with E-state index in [9.17, 15) is 13.2 Å². The molecule has 0 radical (unpaired) electrons. The van der Waals surface area contributed by atoms with Gasteiger partial charge >= 0.3 is 5.97 Å². The molecule has 0 spiro atoms. The Balaban J connectivity index is 0.000000379. The summed E-state index contributed by atoms with van der Waals surface area (Å²) in [4.78, 5) is 10.1. The standard InChI is InChI=1S/C7H6O2.C6H6O3S.C6H14O2/c8-7(9)6-4-2-1-3-5-6;7-10(8,9)6-4-2-1-3-5-6;1-5(7)3-4-6(2)8/h1-5H,(H,8,9);1-5H,(H,7,8,9);5-8H,3-4H2,1-2H3. The minimum atomic E-state index is -4.00. The van der Waals surface area contributed by atoms with E-state index in [0.717, 1.165) is 0 Å². The third-order valence-corrected chi connectivity index (χ3v) is 3.93. The zero-order valence-corrected chi connectivity index (χ0v) is 16.1. The van der Waals surface area contributed by atoms with Crippen molar-refractivity contribution in [3.63, 3.8) is 0 Å². The van der Waals surface area contributed by atoms with Crippen molar-refractivity contribution in [1.29, 1.82) is 0 Å². The summed E-state index contributed by atoms with van der Waals surface area (Å²) in [5, 5.41) is 25.8. The normalized spacial score (nSPS) is 12.5. The van der Waals surface area contributed by atoms with Gasteiger partial charge < -0.3 is 15.3 Å². The fourth-order valence-corrected chi connectivity index (χ4v) is 2.16. The third kappa shape index (κ3) is 13.6. The van der Waals surface area contributed by atoms with E-state index < -0.39 is 16.1 Å². The quantitative estimate of drug-likeness (QED) is 0.569. The number of aliphatic hydroxyl groups is 2. The van der Waals surface area contributed by atoms with Crippen LogP contribution in [0, 0.1) is 0 Å². The van der Waals surface area contributed by atoms with Gasteiger partial charge in [-0.05, 0) is 51.0 Å². The maximum Gasteiger partial charge on any atom is 0.335 e. The van der Waals surface area contributed by atoms with Gasteiger partial charge in [-0.2, -0.15) is 8.42 Å². The molecule has 2 aromatic carbocycles. The molecule has 2 rings (SSSR count). The molecule has 0 aliphatic carbocycles. The zero-order chi connectivity index (χ0) is 20.9. The first kappa shape index (κ1) is 24.7. The molecular weight excluding hydrogens is 372 g/mol. The summed E-state index contributed by atoms with van der Waals surface area (Å²) in [5.74, 6) is -0.879. The topological polar surface area (TPSA) is 132 Å². The van der Waals surface area contributed by atoms with Gasteiger partial charge in [-0.25, -0.2) is 4.79 Å². The maximum atomic E-state index is 10.4. The second kappa shape index (κ2) is 13.0. The first-order valence-corrected chi connectivity index (χ1v) is 9.65. The van der Waals surface area contributed by atoms with Crippen LogP contribution < -0.4 is 0 Å². The van der Waals surface area contributed by atoms with Crippen LogP contribution in [0.5, 0.6) is 0 Å². The Morgan fingerprint density at radius 3 is 1.44 bits per heavy atom. The Morgan fingerprint density at radius 2 is 1.22 bits per heavy atom. The van der Waals surface area contributed by atoms with Gasteiger partial charge in [0.2, 0.25) is 0 Å². The van der Waals surface area contributed by atoms with E-state index in [0.29, 0.717) is 18.4 Å². The van der Waals surface area contributed by atoms with Gasteiger partial charge in [-0.1, -0.05) is 36.4 Å². The second-order valence-electron chi connectivity index (χ2n) is 5.73. The van der Waals surface area contributed by atoms with Crippen molar-refractivity contribution in [3.05, 3.63) is 66.2 Å². The predicted octanol–water partition coefficient (Wildman–Crippen LogP) is 2.85. The van der Waals surface area contributed by atoms with Gasteiger partial charge in [-0.3, -0.25) is 4.55 Å². The van der Waals surface area contributed by atoms with Crippen LogP contribution in [-0.4, -0.2) is 46.5 Å². The van der Waals surface area contributed by atoms with Crippen LogP contribution >= 0.6 is 0 Å². The zero-order valence-electron chi connectivity index (χ0n) is 15.3. The molecule has 0 amide bonds. The van der Waals surface area contributed by atoms with Crippen molar-refractivity contribution < 1.29 is 33.1 Å². The molecule has 2 aromatic rings. The van der Waals surface area contributed by atoms with Crippen LogP contribution in [-0.2, 0) is 10.1 Å². The lowest BCUT2D eigenvalue weighted by molar-refractivity contribution is 0.0697. The monoisotopic (exact) mass is 398 g/mol. The van der Waals surface area contributed by atoms with Gasteiger partial charge in [0, 0.05) is 0 Å². The molecule has 2 unspecified atom stereocenters. The number of rotatable bonds is 5. The molecule has 4 N–H and O–H groups in total. The highest BCUT2D eigenvalue weighted by Crippen LogP contribution is 2.05. The van der Waals surface area contributed by atoms with Crippen LogP contribution in [0.1, 0.15) is 37.0 Å². The smallest absolute Gasteiger partial charge is 0.335 e. The predicted molar refractivity (Wildman–Crippen MR) is 102 cm³/mol. The highest BCUT2D eigenvalue weighted by atomic mass is 32.2. The minimum Gasteiger partial charge on any atom is -0.478 e. The molecule has 0 aliphatic rings. The summed E-state index contributed by atoms with van der Waals surface area (Å²) in [5.41, 5.74) is 0.331. The van der Waals surface area contributed by atoms with Crippen molar-refractivity contribution in [2.75, 3.05) is 0 Å². The van der Waals surface area contributed by atoms with Gasteiger partial charge in [-0.15, -0.1) is 0 Å². The summed E-state index contributed by atoms with van der Waals surface area (Å²) in [6.07, 6.45) is 0.837. The molecule has 0 fully saturated rings. The van der Waals surface area contributed by atoms with Gasteiger partial charge in [0.15, 0.2) is 0 Å². The molecule has 0 heterocycles. The van der Waals surface area contributed by atoms with Gasteiger partial charge in [0.1, 0.15) is 0 Å². The van der Waals surface area contributed by atoms with E-state index in [4.69, 9.17) is 19.9 Å². The summed E-state index contributed by atoms with van der Waals surface area (Å²) < 4.78 is 29.2. The summed E-state index contributed by atoms with van der Waals surface area (Å²) in [6, 6.07) is 15.7. The number of carbonyl (C=O) groups is 1. The van der Waals surface area contributed by atoms with Gasteiger partial charge in [0.05, 0.1) is 22.7 Å². The third-order valence-electron chi connectivity index (χ3n) is 3.06. The Labute approximate surface area is 159 Å². The SMILES string of the molecule is CC(O)CCC(C)O.O=C(O)c1ccccc1.O=S(=O)(O)c1ccccc1. The summed E-state index contributed by atoms with van der Waals surface area (Å²) >= 11 is 0. The number of aromatic carboxylic acids is 1. The molecule has 0 saturated heterocycles. The number of hydrogen-bond acceptors (Lipinski definition) is 5. The van der Waals surface area contributed by atoms with Crippen molar-refractivity contribution in [1.82, 2.24) is 0 Å². The second-order valence-corrected chi connectivity index (χ2v) is 7.16. The molecule has 150 valence electrons. The Kier molecular flexibility index (Phi) is 11.9. The van der Waals surface area contributed by atoms with E-state index in [-0.39, 0.29) is 17.1 Å². The van der Waals surface area contributed by atoms with Crippen molar-refractivity contribution >= 4 is 16.1 Å². The van der Waals surface area contributed by atoms with Crippen LogP contribution in [0.4, 0.5) is 0 Å². The first-order valence-electron chi connectivity index (χ1n) is 8.21. The van der Waals surface area contributed by atoms with Crippen LogP contribution in [0.15, 0.2) is 65.6 Å². The average Bonchev–Trinajstić information content (AvgIpc) is 2.62. The van der Waals surface area contributed by atoms with E-state index in [1.54, 1.807) is 62.4 Å². The average molecular weight is 398 g/mol. The molecule has 0 saturated carbocycles. The summed E-state index contributed by atoms with van der Waals surface area (Å²) in [7, 11) is -4.00. The molecule has 27 heavy (non-hydrogen) atoms. The number of benzene rings is 2. The number of aliphatic hydroxyl groups excluding tert-OH is 2. The fourth-order valence-electron chi connectivity index (χ4n) is 1.66. The van der Waals surface area contributed by atoms with E-state index in [1.807, 2.05) is 0 Å². The summed E-state index contributed by atoms with van der Waals surface area (Å²) in [6.45, 7) is 3.45. The highest BCUT2D eigenvalue weighted by Gasteiger charge is 2.05. The number of carboxylic acid groups (broad SMARTS) is 1. The molecule has 7 nitrogen and oxygen atoms in total. The lowest BCUT2D eigenvalue weighted by Gasteiger charge is -2.04. The van der Waals surface area contributed by atoms with E-state index >= 15 is 0 Å². The molecule has 0 aliphatic heterocycles. The van der Waals surface area contributed by atoms with Crippen LogP contribution in [0.25, 0.3) is 0 Å². The molecular formula is C19H26O7S. The fraction of sp³-hybridized carbons (Fsp3) is 0.316. The molecule has 8 heteroatoms. The molecule has 2 atom stereocenters. The lowest BCUT2D eigenvalue weighted by atomic mass is 10.1. The van der Waals surface area contributed by atoms with Crippen LogP contribution in [0.3, 0.4) is 0 Å².